The average Bonchev–Trinajstić information content (AvgIpc) is 2.77. The van der Waals surface area contributed by atoms with Crippen molar-refractivity contribution in [3.63, 3.8) is 0 Å². The summed E-state index contributed by atoms with van der Waals surface area (Å²) in [6.45, 7) is 5.15. The zero-order chi connectivity index (χ0) is 24.2. The number of nitrogens with one attached hydrogen (secondary N) is 1. The van der Waals surface area contributed by atoms with Crippen LogP contribution in [0.3, 0.4) is 0 Å². The zero-order valence-electron chi connectivity index (χ0n) is 17.8. The normalized spacial score (nSPS) is 11.8. The summed E-state index contributed by atoms with van der Waals surface area (Å²) >= 11 is 0. The number of hydrazine groups is 1. The Kier molecular flexibility index (Phi) is 6.83. The van der Waals surface area contributed by atoms with Gasteiger partial charge in [-0.15, -0.1) is 5.10 Å². The number of alkyl halides is 3. The van der Waals surface area contributed by atoms with Crippen LogP contribution < -0.4 is 11.2 Å². The summed E-state index contributed by atoms with van der Waals surface area (Å²) < 4.78 is 41.0. The van der Waals surface area contributed by atoms with Crippen LogP contribution in [0.4, 0.5) is 19.0 Å². The summed E-state index contributed by atoms with van der Waals surface area (Å²) in [6.07, 6.45) is -0.379. The highest BCUT2D eigenvalue weighted by molar-refractivity contribution is 6.04. The molecule has 3 N–H and O–H groups in total. The number of amidine groups is 1. The molecule has 0 unspecified atom stereocenters. The molecular weight excluding hydrogens is 435 g/mol. The van der Waals surface area contributed by atoms with Gasteiger partial charge in [0.05, 0.1) is 11.1 Å². The van der Waals surface area contributed by atoms with E-state index in [1.54, 1.807) is 19.2 Å². The van der Waals surface area contributed by atoms with Crippen molar-refractivity contribution in [3.05, 3.63) is 77.2 Å². The summed E-state index contributed by atoms with van der Waals surface area (Å²) in [5.41, 5.74) is 0.565. The second kappa shape index (κ2) is 9.57. The number of hydrazone groups is 1. The average molecular weight is 455 g/mol. The first-order valence-corrected chi connectivity index (χ1v) is 9.54. The van der Waals surface area contributed by atoms with Gasteiger partial charge < -0.3 is 5.32 Å². The van der Waals surface area contributed by atoms with Crippen LogP contribution in [0.1, 0.15) is 27.0 Å². The number of aryl methyl sites for hydroxylation is 1. The molecule has 0 aliphatic carbocycles. The maximum atomic E-state index is 13.7. The molecule has 0 aliphatic rings. The van der Waals surface area contributed by atoms with Crippen LogP contribution in [0.25, 0.3) is 11.1 Å². The summed E-state index contributed by atoms with van der Waals surface area (Å²) in [7, 11) is 1.44. The lowest BCUT2D eigenvalue weighted by molar-refractivity contribution is -0.137. The molecule has 3 rings (SSSR count). The monoisotopic (exact) mass is 455 g/mol. The van der Waals surface area contributed by atoms with Gasteiger partial charge >= 0.3 is 6.18 Å². The van der Waals surface area contributed by atoms with Crippen LogP contribution >= 0.6 is 0 Å². The molecule has 0 radical (unpaired) electrons. The minimum atomic E-state index is -4.61. The number of hydrogen-bond acceptors (Lipinski definition) is 6. The maximum Gasteiger partial charge on any atom is 0.417 e. The molecule has 0 bridgehead atoms. The Morgan fingerprint density at radius 2 is 1.94 bits per heavy atom. The van der Waals surface area contributed by atoms with E-state index in [1.165, 1.54) is 43.7 Å². The zero-order valence-corrected chi connectivity index (χ0v) is 17.8. The largest absolute Gasteiger partial charge is 0.417 e. The minimum Gasteiger partial charge on any atom is -0.307 e. The quantitative estimate of drug-likeness (QED) is 0.263. The van der Waals surface area contributed by atoms with Gasteiger partial charge in [-0.1, -0.05) is 6.07 Å². The van der Waals surface area contributed by atoms with E-state index in [0.29, 0.717) is 5.56 Å². The van der Waals surface area contributed by atoms with Gasteiger partial charge in [0, 0.05) is 36.8 Å². The molecule has 11 heteroatoms. The first-order valence-electron chi connectivity index (χ1n) is 9.54. The summed E-state index contributed by atoms with van der Waals surface area (Å²) in [5, 5.41) is 7.51. The van der Waals surface area contributed by atoms with Gasteiger partial charge in [-0.25, -0.2) is 20.9 Å². The molecule has 2 heterocycles. The molecule has 8 nitrogen and oxygen atoms in total. The molecule has 0 saturated heterocycles. The van der Waals surface area contributed by atoms with Gasteiger partial charge in [0.1, 0.15) is 5.82 Å². The van der Waals surface area contributed by atoms with Crippen LogP contribution in [-0.2, 0) is 6.18 Å². The molecule has 33 heavy (non-hydrogen) atoms. The summed E-state index contributed by atoms with van der Waals surface area (Å²) in [6, 6.07) is 7.99. The third-order valence-corrected chi connectivity index (χ3v) is 4.59. The second-order valence-corrected chi connectivity index (χ2v) is 6.99. The van der Waals surface area contributed by atoms with E-state index < -0.39 is 17.6 Å². The van der Waals surface area contributed by atoms with Crippen molar-refractivity contribution >= 4 is 24.3 Å². The van der Waals surface area contributed by atoms with Crippen LogP contribution in [0.2, 0.25) is 0 Å². The van der Waals surface area contributed by atoms with Crippen molar-refractivity contribution < 1.29 is 18.0 Å². The number of nitrogens with zero attached hydrogens (tertiary/aromatic N) is 5. The van der Waals surface area contributed by atoms with Crippen molar-refractivity contribution in [1.29, 1.82) is 0 Å². The SMILES string of the molecule is C=N/C(=N\N(C)N)c1ccc(C(F)(F)F)c(-c2ccc(NC(=O)c3cnccc3C)nc2)c1. The minimum absolute atomic E-state index is 0.0543. The van der Waals surface area contributed by atoms with Gasteiger partial charge in [0.25, 0.3) is 5.91 Å². The molecule has 0 aliphatic heterocycles. The fourth-order valence-electron chi connectivity index (χ4n) is 3.01. The van der Waals surface area contributed by atoms with Crippen LogP contribution in [0, 0.1) is 6.92 Å². The Balaban J connectivity index is 1.97. The predicted octanol–water partition coefficient (Wildman–Crippen LogP) is 3.89. The number of aromatic nitrogens is 2. The van der Waals surface area contributed by atoms with Crippen LogP contribution in [0.15, 0.2) is 65.1 Å². The van der Waals surface area contributed by atoms with Gasteiger partial charge in [0.2, 0.25) is 0 Å². The van der Waals surface area contributed by atoms with Gasteiger partial charge in [0.15, 0.2) is 5.84 Å². The van der Waals surface area contributed by atoms with Crippen LogP contribution in [-0.4, -0.2) is 40.6 Å². The van der Waals surface area contributed by atoms with E-state index in [4.69, 9.17) is 5.84 Å². The number of carbonyl (C=O) groups excluding carboxylic acids is 1. The molecule has 1 amide bonds. The number of amides is 1. The lowest BCUT2D eigenvalue weighted by atomic mass is 9.97. The number of benzene rings is 1. The Hall–Kier alpha value is -4.12. The van der Waals surface area contributed by atoms with Crippen LogP contribution in [0.5, 0.6) is 0 Å². The molecule has 0 saturated carbocycles. The maximum absolute atomic E-state index is 13.7. The third kappa shape index (κ3) is 5.57. The molecule has 3 aromatic rings. The molecule has 0 atom stereocenters. The number of halogens is 3. The standard InChI is InChI=1S/C22H20F3N7O/c1-13-8-9-28-12-17(13)21(33)30-19-7-5-15(11-29-19)16-10-14(20(27-2)31-32(3)26)4-6-18(16)22(23,24)25/h4-12H,2,26H2,1,3H3,(H,29,30,33)/b31-20-. The van der Waals surface area contributed by atoms with E-state index in [0.717, 1.165) is 16.7 Å². The first-order chi connectivity index (χ1) is 15.6. The molecule has 0 fully saturated rings. The fraction of sp³-hybridized carbons (Fsp3) is 0.136. The van der Waals surface area contributed by atoms with E-state index >= 15 is 0 Å². The lowest BCUT2D eigenvalue weighted by Gasteiger charge is -2.15. The van der Waals surface area contributed by atoms with E-state index in [1.807, 2.05) is 0 Å². The Labute approximate surface area is 187 Å². The fourth-order valence-corrected chi connectivity index (χ4v) is 3.01. The number of hydrogen-bond donors (Lipinski definition) is 2. The number of carbonyl (C=O) groups is 1. The van der Waals surface area contributed by atoms with Gasteiger partial charge in [-0.05, 0) is 55.1 Å². The number of nitrogens with two attached hydrogens (primary N) is 1. The molecular formula is C22H20F3N7O. The van der Waals surface area contributed by atoms with Crippen molar-refractivity contribution in [2.24, 2.45) is 15.9 Å². The topological polar surface area (TPSA) is 109 Å². The van der Waals surface area contributed by atoms with Crippen molar-refractivity contribution in [2.75, 3.05) is 12.4 Å². The van der Waals surface area contributed by atoms with Crippen molar-refractivity contribution in [3.8, 4) is 11.1 Å². The Bertz CT molecular complexity index is 1210. The summed E-state index contributed by atoms with van der Waals surface area (Å²) in [5.74, 6) is 5.30. The number of rotatable bonds is 5. The molecule has 1 aromatic carbocycles. The van der Waals surface area contributed by atoms with Gasteiger partial charge in [-0.3, -0.25) is 9.78 Å². The molecule has 0 spiro atoms. The molecule has 2 aromatic heterocycles. The van der Waals surface area contributed by atoms with E-state index in [9.17, 15) is 18.0 Å². The Morgan fingerprint density at radius 1 is 1.18 bits per heavy atom. The molecule has 170 valence electrons. The second-order valence-electron chi connectivity index (χ2n) is 6.99. The predicted molar refractivity (Wildman–Crippen MR) is 120 cm³/mol. The highest BCUT2D eigenvalue weighted by Gasteiger charge is 2.34. The third-order valence-electron chi connectivity index (χ3n) is 4.59. The highest BCUT2D eigenvalue weighted by Crippen LogP contribution is 2.37. The lowest BCUT2D eigenvalue weighted by Crippen LogP contribution is -2.21. The van der Waals surface area contributed by atoms with Crippen molar-refractivity contribution in [2.45, 2.75) is 13.1 Å². The number of anilines is 1. The van der Waals surface area contributed by atoms with Crippen molar-refractivity contribution in [1.82, 2.24) is 15.1 Å². The van der Waals surface area contributed by atoms with Gasteiger partial charge in [-0.2, -0.15) is 13.2 Å². The van der Waals surface area contributed by atoms with E-state index in [-0.39, 0.29) is 28.3 Å². The first kappa shape index (κ1) is 23.5. The summed E-state index contributed by atoms with van der Waals surface area (Å²) in [4.78, 5) is 24.2. The number of aliphatic imine (C=N–C) groups is 1. The number of pyridine rings is 2. The van der Waals surface area contributed by atoms with E-state index in [2.05, 4.69) is 32.1 Å². The Morgan fingerprint density at radius 3 is 2.52 bits per heavy atom. The highest BCUT2D eigenvalue weighted by atomic mass is 19.4. The smallest absolute Gasteiger partial charge is 0.307 e.